The van der Waals surface area contributed by atoms with Gasteiger partial charge in [-0.3, -0.25) is 20.4 Å². The van der Waals surface area contributed by atoms with Crippen LogP contribution in [0.15, 0.2) is 24.3 Å². The van der Waals surface area contributed by atoms with Crippen molar-refractivity contribution in [1.82, 2.24) is 10.9 Å². The molecular weight excluding hydrogens is 284 g/mol. The number of hydrazine groups is 1. The van der Waals surface area contributed by atoms with Gasteiger partial charge in [-0.25, -0.2) is 0 Å². The highest BCUT2D eigenvalue weighted by Crippen LogP contribution is 2.29. The van der Waals surface area contributed by atoms with E-state index in [-0.39, 0.29) is 0 Å². The Balaban J connectivity index is 1.96. The maximum atomic E-state index is 12.1. The van der Waals surface area contributed by atoms with Crippen LogP contribution < -0.4 is 16.0 Å². The van der Waals surface area contributed by atoms with Gasteiger partial charge in [-0.15, -0.1) is 0 Å². The fraction of sp³-hybridized carbons (Fsp3) is 0.438. The monoisotopic (exact) mass is 303 g/mol. The summed E-state index contributed by atoms with van der Waals surface area (Å²) in [6, 6.07) is 7.00. The molecule has 1 saturated carbocycles. The third-order valence-corrected chi connectivity index (χ3v) is 4.09. The summed E-state index contributed by atoms with van der Waals surface area (Å²) in [5, 5.41) is 11.1. The Hall–Kier alpha value is -2.37. The Kier molecular flexibility index (Phi) is 5.14. The number of nitrogens with one attached hydrogen (secondary N) is 2. The van der Waals surface area contributed by atoms with E-state index in [2.05, 4.69) is 10.9 Å². The number of hydrogen-bond acceptors (Lipinski definition) is 4. The molecule has 2 rings (SSSR count). The van der Waals surface area contributed by atoms with Crippen LogP contribution in [0, 0.1) is 18.8 Å². The Morgan fingerprint density at radius 2 is 1.68 bits per heavy atom. The lowest BCUT2D eigenvalue weighted by molar-refractivity contribution is -0.314. The van der Waals surface area contributed by atoms with Crippen molar-refractivity contribution in [3.05, 3.63) is 35.4 Å². The van der Waals surface area contributed by atoms with Gasteiger partial charge in [-0.2, -0.15) is 0 Å². The minimum Gasteiger partial charge on any atom is -0.550 e. The smallest absolute Gasteiger partial charge is 0.269 e. The quantitative estimate of drug-likeness (QED) is 0.785. The molecular formula is C16H19N2O4-. The van der Waals surface area contributed by atoms with Gasteiger partial charge in [0.1, 0.15) is 0 Å². The molecule has 1 aromatic rings. The van der Waals surface area contributed by atoms with Gasteiger partial charge in [0.15, 0.2) is 0 Å². The average Bonchev–Trinajstić information content (AvgIpc) is 2.52. The molecule has 0 radical (unpaired) electrons. The van der Waals surface area contributed by atoms with Crippen LogP contribution in [0.4, 0.5) is 0 Å². The number of carbonyl (C=O) groups is 3. The second kappa shape index (κ2) is 7.06. The van der Waals surface area contributed by atoms with Gasteiger partial charge in [0.25, 0.3) is 5.91 Å². The maximum Gasteiger partial charge on any atom is 0.269 e. The lowest BCUT2D eigenvalue weighted by Gasteiger charge is -2.31. The summed E-state index contributed by atoms with van der Waals surface area (Å²) in [4.78, 5) is 35.2. The molecule has 1 fully saturated rings. The van der Waals surface area contributed by atoms with E-state index >= 15 is 0 Å². The molecule has 0 unspecified atom stereocenters. The van der Waals surface area contributed by atoms with Gasteiger partial charge in [0, 0.05) is 23.4 Å². The molecule has 0 aromatic heterocycles. The molecule has 0 heterocycles. The summed E-state index contributed by atoms with van der Waals surface area (Å²) < 4.78 is 0. The molecule has 0 bridgehead atoms. The first kappa shape index (κ1) is 16.0. The second-order valence-corrected chi connectivity index (χ2v) is 5.57. The number of aliphatic carboxylic acids is 1. The number of carbonyl (C=O) groups excluding carboxylic acids is 3. The summed E-state index contributed by atoms with van der Waals surface area (Å²) in [6.07, 6.45) is 2.50. The number of amides is 2. The van der Waals surface area contributed by atoms with E-state index in [0.717, 1.165) is 18.4 Å². The number of hydrogen-bond donors (Lipinski definition) is 2. The summed E-state index contributed by atoms with van der Waals surface area (Å²) in [5.41, 5.74) is 5.93. The SMILES string of the molecule is Cc1ccccc1C(=O)NNC(=O)[C@H]1CCCC[C@@H]1C(=O)[O-]. The summed E-state index contributed by atoms with van der Waals surface area (Å²) in [5.74, 6) is -3.55. The fourth-order valence-corrected chi connectivity index (χ4v) is 2.83. The molecule has 2 N–H and O–H groups in total. The van der Waals surface area contributed by atoms with E-state index in [1.54, 1.807) is 25.1 Å². The van der Waals surface area contributed by atoms with Crippen LogP contribution in [0.1, 0.15) is 41.6 Å². The molecule has 22 heavy (non-hydrogen) atoms. The van der Waals surface area contributed by atoms with E-state index in [1.807, 2.05) is 6.07 Å². The van der Waals surface area contributed by atoms with Crippen molar-refractivity contribution >= 4 is 17.8 Å². The zero-order chi connectivity index (χ0) is 16.1. The maximum absolute atomic E-state index is 12.1. The molecule has 0 saturated heterocycles. The number of aryl methyl sites for hydroxylation is 1. The Morgan fingerprint density at radius 3 is 2.32 bits per heavy atom. The summed E-state index contributed by atoms with van der Waals surface area (Å²) in [7, 11) is 0. The van der Waals surface area contributed by atoms with Gasteiger partial charge < -0.3 is 9.90 Å². The molecule has 2 atom stereocenters. The topological polar surface area (TPSA) is 98.3 Å². The molecule has 2 amide bonds. The van der Waals surface area contributed by atoms with Gasteiger partial charge in [-0.1, -0.05) is 31.0 Å². The van der Waals surface area contributed by atoms with Crippen molar-refractivity contribution in [2.45, 2.75) is 32.6 Å². The van der Waals surface area contributed by atoms with Gasteiger partial charge >= 0.3 is 0 Å². The first-order valence-corrected chi connectivity index (χ1v) is 7.37. The Morgan fingerprint density at radius 1 is 1.05 bits per heavy atom. The van der Waals surface area contributed by atoms with Crippen molar-refractivity contribution in [2.75, 3.05) is 0 Å². The van der Waals surface area contributed by atoms with Crippen LogP contribution in [0.5, 0.6) is 0 Å². The summed E-state index contributed by atoms with van der Waals surface area (Å²) >= 11 is 0. The molecule has 1 aliphatic carbocycles. The Bertz CT molecular complexity index is 585. The van der Waals surface area contributed by atoms with Crippen LogP contribution in [-0.2, 0) is 9.59 Å². The third kappa shape index (κ3) is 3.63. The fourth-order valence-electron chi connectivity index (χ4n) is 2.83. The molecule has 6 heteroatoms. The highest BCUT2D eigenvalue weighted by molar-refractivity contribution is 5.97. The molecule has 118 valence electrons. The number of carboxylic acid groups (broad SMARTS) is 1. The van der Waals surface area contributed by atoms with Crippen molar-refractivity contribution in [3.8, 4) is 0 Å². The lowest BCUT2D eigenvalue weighted by Crippen LogP contribution is -2.49. The number of carboxylic acids is 1. The van der Waals surface area contributed by atoms with Crippen LogP contribution in [0.25, 0.3) is 0 Å². The van der Waals surface area contributed by atoms with Crippen molar-refractivity contribution in [3.63, 3.8) is 0 Å². The van der Waals surface area contributed by atoms with Crippen molar-refractivity contribution in [2.24, 2.45) is 11.8 Å². The number of rotatable bonds is 3. The molecule has 0 aliphatic heterocycles. The summed E-state index contributed by atoms with van der Waals surface area (Å²) in [6.45, 7) is 1.80. The zero-order valence-electron chi connectivity index (χ0n) is 12.4. The van der Waals surface area contributed by atoms with Crippen LogP contribution in [0.3, 0.4) is 0 Å². The van der Waals surface area contributed by atoms with Crippen LogP contribution in [-0.4, -0.2) is 17.8 Å². The second-order valence-electron chi connectivity index (χ2n) is 5.57. The van der Waals surface area contributed by atoms with Crippen LogP contribution >= 0.6 is 0 Å². The molecule has 6 nitrogen and oxygen atoms in total. The van der Waals surface area contributed by atoms with Gasteiger partial charge in [0.05, 0.1) is 0 Å². The lowest BCUT2D eigenvalue weighted by atomic mass is 9.79. The predicted octanol–water partition coefficient (Wildman–Crippen LogP) is 0.312. The van der Waals surface area contributed by atoms with E-state index < -0.39 is 29.6 Å². The standard InChI is InChI=1S/C16H20N2O4/c1-10-6-2-3-7-11(10)14(19)17-18-15(20)12-8-4-5-9-13(12)16(21)22/h2-3,6-7,12-13H,4-5,8-9H2,1H3,(H,17,19)(H,18,20)(H,21,22)/p-1/t12-,13-/m0/s1. The molecule has 1 aromatic carbocycles. The van der Waals surface area contributed by atoms with E-state index in [0.29, 0.717) is 18.4 Å². The minimum atomic E-state index is -1.20. The first-order valence-electron chi connectivity index (χ1n) is 7.37. The van der Waals surface area contributed by atoms with E-state index in [1.165, 1.54) is 0 Å². The van der Waals surface area contributed by atoms with Crippen molar-refractivity contribution in [1.29, 1.82) is 0 Å². The minimum absolute atomic E-state index is 0.424. The number of benzene rings is 1. The van der Waals surface area contributed by atoms with Crippen LogP contribution in [0.2, 0.25) is 0 Å². The zero-order valence-corrected chi connectivity index (χ0v) is 12.4. The highest BCUT2D eigenvalue weighted by Gasteiger charge is 2.32. The van der Waals surface area contributed by atoms with Gasteiger partial charge in [-0.05, 0) is 31.4 Å². The Labute approximate surface area is 128 Å². The molecule has 0 spiro atoms. The van der Waals surface area contributed by atoms with E-state index in [4.69, 9.17) is 0 Å². The predicted molar refractivity (Wildman–Crippen MR) is 77.2 cm³/mol. The third-order valence-electron chi connectivity index (χ3n) is 4.09. The largest absolute Gasteiger partial charge is 0.550 e. The van der Waals surface area contributed by atoms with Gasteiger partial charge in [0.2, 0.25) is 5.91 Å². The van der Waals surface area contributed by atoms with E-state index in [9.17, 15) is 19.5 Å². The normalized spacial score (nSPS) is 21.0. The van der Waals surface area contributed by atoms with Crippen molar-refractivity contribution < 1.29 is 19.5 Å². The first-order chi connectivity index (χ1) is 10.5. The molecule has 1 aliphatic rings. The average molecular weight is 303 g/mol. The highest BCUT2D eigenvalue weighted by atomic mass is 16.4.